The Bertz CT molecular complexity index is 350. The van der Waals surface area contributed by atoms with Crippen LogP contribution in [0.4, 0.5) is 0 Å². The molecule has 2 rings (SSSR count). The lowest BCUT2D eigenvalue weighted by atomic mass is 9.96. The first-order chi connectivity index (χ1) is 8.86. The second kappa shape index (κ2) is 8.08. The summed E-state index contributed by atoms with van der Waals surface area (Å²) in [6.07, 6.45) is 6.98. The summed E-state index contributed by atoms with van der Waals surface area (Å²) in [6, 6.07) is 8.91. The standard InChI is InChI=1S/C15H22ClNS/c16-15-9-5-4-6-13(15)12-18-11-10-17-14-7-2-1-3-8-14/h4-6,9,14,17H,1-3,7-8,10-12H2. The lowest BCUT2D eigenvalue weighted by Crippen LogP contribution is -2.32. The zero-order valence-electron chi connectivity index (χ0n) is 10.8. The third-order valence-electron chi connectivity index (χ3n) is 3.50. The zero-order chi connectivity index (χ0) is 12.6. The van der Waals surface area contributed by atoms with Crippen LogP contribution in [0.25, 0.3) is 0 Å². The molecule has 1 aliphatic carbocycles. The molecule has 0 amide bonds. The molecule has 1 aliphatic rings. The fourth-order valence-electron chi connectivity index (χ4n) is 2.44. The van der Waals surface area contributed by atoms with Gasteiger partial charge in [0.25, 0.3) is 0 Å². The molecule has 18 heavy (non-hydrogen) atoms. The van der Waals surface area contributed by atoms with E-state index < -0.39 is 0 Å². The van der Waals surface area contributed by atoms with E-state index in [0.29, 0.717) is 0 Å². The van der Waals surface area contributed by atoms with E-state index in [0.717, 1.165) is 23.4 Å². The fourth-order valence-corrected chi connectivity index (χ4v) is 3.60. The Labute approximate surface area is 120 Å². The first-order valence-electron chi connectivity index (χ1n) is 6.91. The van der Waals surface area contributed by atoms with Crippen LogP contribution < -0.4 is 5.32 Å². The minimum Gasteiger partial charge on any atom is -0.313 e. The van der Waals surface area contributed by atoms with Crippen LogP contribution in [0.1, 0.15) is 37.7 Å². The van der Waals surface area contributed by atoms with Crippen molar-refractivity contribution in [3.05, 3.63) is 34.9 Å². The monoisotopic (exact) mass is 283 g/mol. The van der Waals surface area contributed by atoms with Crippen molar-refractivity contribution < 1.29 is 0 Å². The molecule has 3 heteroatoms. The van der Waals surface area contributed by atoms with Crippen molar-refractivity contribution in [2.24, 2.45) is 0 Å². The lowest BCUT2D eigenvalue weighted by molar-refractivity contribution is 0.381. The van der Waals surface area contributed by atoms with Crippen LogP contribution >= 0.6 is 23.4 Å². The molecule has 1 saturated carbocycles. The first-order valence-corrected chi connectivity index (χ1v) is 8.44. The Balaban J connectivity index is 1.57. The number of halogens is 1. The van der Waals surface area contributed by atoms with Gasteiger partial charge in [0, 0.05) is 29.1 Å². The molecule has 0 bridgehead atoms. The Morgan fingerprint density at radius 2 is 1.94 bits per heavy atom. The fraction of sp³-hybridized carbons (Fsp3) is 0.600. The maximum Gasteiger partial charge on any atom is 0.0446 e. The Morgan fingerprint density at radius 3 is 2.72 bits per heavy atom. The Hall–Kier alpha value is -0.180. The highest BCUT2D eigenvalue weighted by Crippen LogP contribution is 2.21. The van der Waals surface area contributed by atoms with Crippen LogP contribution in [0.5, 0.6) is 0 Å². The van der Waals surface area contributed by atoms with Crippen LogP contribution in [-0.4, -0.2) is 18.3 Å². The molecular weight excluding hydrogens is 262 g/mol. The lowest BCUT2D eigenvalue weighted by Gasteiger charge is -2.22. The van der Waals surface area contributed by atoms with Crippen molar-refractivity contribution in [3.8, 4) is 0 Å². The number of rotatable bonds is 6. The average molecular weight is 284 g/mol. The van der Waals surface area contributed by atoms with E-state index in [-0.39, 0.29) is 0 Å². The Kier molecular flexibility index (Phi) is 6.39. The maximum atomic E-state index is 6.13. The average Bonchev–Trinajstić information content (AvgIpc) is 2.42. The summed E-state index contributed by atoms with van der Waals surface area (Å²) in [5, 5.41) is 4.56. The highest BCUT2D eigenvalue weighted by molar-refractivity contribution is 7.98. The summed E-state index contributed by atoms with van der Waals surface area (Å²) in [7, 11) is 0. The molecule has 100 valence electrons. The SMILES string of the molecule is Clc1ccccc1CSCCNC1CCCCC1. The second-order valence-corrected chi connectivity index (χ2v) is 6.45. The molecule has 0 aliphatic heterocycles. The molecule has 0 spiro atoms. The third-order valence-corrected chi connectivity index (χ3v) is 4.88. The van der Waals surface area contributed by atoms with Crippen LogP contribution in [0.15, 0.2) is 24.3 Å². The van der Waals surface area contributed by atoms with Gasteiger partial charge in [-0.05, 0) is 24.5 Å². The van der Waals surface area contributed by atoms with E-state index in [4.69, 9.17) is 11.6 Å². The van der Waals surface area contributed by atoms with Gasteiger partial charge in [0.15, 0.2) is 0 Å². The van der Waals surface area contributed by atoms with Crippen molar-refractivity contribution in [2.45, 2.75) is 43.9 Å². The molecule has 1 nitrogen and oxygen atoms in total. The number of thioether (sulfide) groups is 1. The number of benzene rings is 1. The smallest absolute Gasteiger partial charge is 0.0446 e. The van der Waals surface area contributed by atoms with E-state index in [1.54, 1.807) is 0 Å². The van der Waals surface area contributed by atoms with E-state index in [2.05, 4.69) is 17.4 Å². The van der Waals surface area contributed by atoms with Gasteiger partial charge in [0.1, 0.15) is 0 Å². The summed E-state index contributed by atoms with van der Waals surface area (Å²) in [5.74, 6) is 2.19. The van der Waals surface area contributed by atoms with E-state index in [1.165, 1.54) is 43.4 Å². The highest BCUT2D eigenvalue weighted by Gasteiger charge is 2.11. The Morgan fingerprint density at radius 1 is 1.17 bits per heavy atom. The van der Waals surface area contributed by atoms with E-state index in [9.17, 15) is 0 Å². The van der Waals surface area contributed by atoms with Crippen LogP contribution in [0.3, 0.4) is 0 Å². The van der Waals surface area contributed by atoms with Gasteiger partial charge in [-0.15, -0.1) is 0 Å². The normalized spacial score (nSPS) is 16.9. The molecule has 0 unspecified atom stereocenters. The van der Waals surface area contributed by atoms with Gasteiger partial charge in [-0.3, -0.25) is 0 Å². The molecule has 1 aromatic rings. The molecule has 0 saturated heterocycles. The molecule has 0 aromatic heterocycles. The minimum absolute atomic E-state index is 0.777. The van der Waals surface area contributed by atoms with Crippen LogP contribution in [-0.2, 0) is 5.75 Å². The molecule has 1 aromatic carbocycles. The van der Waals surface area contributed by atoms with Gasteiger partial charge < -0.3 is 5.32 Å². The topological polar surface area (TPSA) is 12.0 Å². The number of hydrogen-bond donors (Lipinski definition) is 1. The predicted octanol–water partition coefficient (Wildman–Crippen LogP) is 4.50. The van der Waals surface area contributed by atoms with E-state index >= 15 is 0 Å². The largest absolute Gasteiger partial charge is 0.313 e. The van der Waals surface area contributed by atoms with Crippen LogP contribution in [0, 0.1) is 0 Å². The van der Waals surface area contributed by atoms with Crippen molar-refractivity contribution in [2.75, 3.05) is 12.3 Å². The molecule has 1 N–H and O–H groups in total. The third kappa shape index (κ3) is 4.83. The summed E-state index contributed by atoms with van der Waals surface area (Å²) in [4.78, 5) is 0. The van der Waals surface area contributed by atoms with Gasteiger partial charge in [0.2, 0.25) is 0 Å². The molecule has 0 atom stereocenters. The summed E-state index contributed by atoms with van der Waals surface area (Å²) >= 11 is 8.09. The van der Waals surface area contributed by atoms with Gasteiger partial charge in [-0.25, -0.2) is 0 Å². The van der Waals surface area contributed by atoms with Crippen LogP contribution in [0.2, 0.25) is 5.02 Å². The summed E-state index contributed by atoms with van der Waals surface area (Å²) in [6.45, 7) is 1.12. The molecule has 0 heterocycles. The maximum absolute atomic E-state index is 6.13. The minimum atomic E-state index is 0.777. The molecule has 1 fully saturated rings. The van der Waals surface area contributed by atoms with Crippen molar-refractivity contribution in [3.63, 3.8) is 0 Å². The quantitative estimate of drug-likeness (QED) is 0.772. The predicted molar refractivity (Wildman–Crippen MR) is 82.5 cm³/mol. The highest BCUT2D eigenvalue weighted by atomic mass is 35.5. The van der Waals surface area contributed by atoms with E-state index in [1.807, 2.05) is 23.9 Å². The molecular formula is C15H22ClNS. The summed E-state index contributed by atoms with van der Waals surface area (Å²) < 4.78 is 0. The molecule has 0 radical (unpaired) electrons. The van der Waals surface area contributed by atoms with Gasteiger partial charge >= 0.3 is 0 Å². The number of hydrogen-bond acceptors (Lipinski definition) is 2. The van der Waals surface area contributed by atoms with Crippen molar-refractivity contribution >= 4 is 23.4 Å². The van der Waals surface area contributed by atoms with Gasteiger partial charge in [0.05, 0.1) is 0 Å². The second-order valence-electron chi connectivity index (χ2n) is 4.93. The van der Waals surface area contributed by atoms with Crippen molar-refractivity contribution in [1.29, 1.82) is 0 Å². The first kappa shape index (κ1) is 14.2. The summed E-state index contributed by atoms with van der Waals surface area (Å²) in [5.41, 5.74) is 1.25. The van der Waals surface area contributed by atoms with Gasteiger partial charge in [-0.1, -0.05) is 49.1 Å². The van der Waals surface area contributed by atoms with Crippen molar-refractivity contribution in [1.82, 2.24) is 5.32 Å². The van der Waals surface area contributed by atoms with Gasteiger partial charge in [-0.2, -0.15) is 11.8 Å². The zero-order valence-corrected chi connectivity index (χ0v) is 12.4. The number of nitrogens with one attached hydrogen (secondary N) is 1.